The fraction of sp³-hybridized carbons (Fsp3) is 0.576. The first-order valence-electron chi connectivity index (χ1n) is 14.2. The maximum Gasteiger partial charge on any atom is 0.0575 e. The predicted molar refractivity (Wildman–Crippen MR) is 146 cm³/mol. The van der Waals surface area contributed by atoms with Crippen LogP contribution in [0.2, 0.25) is 0 Å². The van der Waals surface area contributed by atoms with Gasteiger partial charge >= 0.3 is 0 Å². The lowest BCUT2D eigenvalue weighted by Crippen LogP contribution is -2.24. The van der Waals surface area contributed by atoms with Gasteiger partial charge in [-0.2, -0.15) is 0 Å². The van der Waals surface area contributed by atoms with Gasteiger partial charge in [0.2, 0.25) is 0 Å². The molecule has 184 valence electrons. The molecule has 1 fully saturated rings. The van der Waals surface area contributed by atoms with E-state index in [0.29, 0.717) is 17.9 Å². The summed E-state index contributed by atoms with van der Waals surface area (Å²) >= 11 is 0. The third-order valence-electron chi connectivity index (χ3n) is 8.18. The molecule has 0 spiro atoms. The highest BCUT2D eigenvalue weighted by Gasteiger charge is 2.23. The normalized spacial score (nSPS) is 24.9. The van der Waals surface area contributed by atoms with Crippen LogP contribution in [0.25, 0.3) is 11.1 Å². The molecule has 1 saturated carbocycles. The maximum absolute atomic E-state index is 6.37. The Morgan fingerprint density at radius 1 is 0.706 bits per heavy atom. The molecule has 0 heterocycles. The number of aryl methyl sites for hydroxylation is 1. The number of allylic oxidation sites excluding steroid dienone is 1. The van der Waals surface area contributed by atoms with Crippen molar-refractivity contribution in [2.45, 2.75) is 103 Å². The molecule has 2 aromatic rings. The Labute approximate surface area is 209 Å². The number of ether oxygens (including phenoxy) is 1. The second-order valence-electron chi connectivity index (χ2n) is 10.9. The van der Waals surface area contributed by atoms with Crippen LogP contribution in [0.4, 0.5) is 0 Å². The Morgan fingerprint density at radius 3 is 2.03 bits per heavy atom. The summed E-state index contributed by atoms with van der Waals surface area (Å²) in [4.78, 5) is 0. The van der Waals surface area contributed by atoms with E-state index >= 15 is 0 Å². The van der Waals surface area contributed by atoms with E-state index in [4.69, 9.17) is 4.74 Å². The van der Waals surface area contributed by atoms with Gasteiger partial charge in [-0.05, 0) is 73.1 Å². The van der Waals surface area contributed by atoms with E-state index in [2.05, 4.69) is 74.5 Å². The minimum absolute atomic E-state index is 0.511. The Balaban J connectivity index is 1.20. The first kappa shape index (κ1) is 25.2. The van der Waals surface area contributed by atoms with Gasteiger partial charge in [0.05, 0.1) is 12.7 Å². The average molecular weight is 459 g/mol. The van der Waals surface area contributed by atoms with Crippen molar-refractivity contribution in [3.8, 4) is 11.1 Å². The van der Waals surface area contributed by atoms with Crippen molar-refractivity contribution in [1.82, 2.24) is 0 Å². The molecule has 0 saturated heterocycles. The molecule has 0 aromatic heterocycles. The first-order chi connectivity index (χ1) is 16.7. The summed E-state index contributed by atoms with van der Waals surface area (Å²) in [5.41, 5.74) is 5.52. The molecule has 2 aromatic carbocycles. The molecule has 0 amide bonds. The average Bonchev–Trinajstić information content (AvgIpc) is 2.89. The Hall–Kier alpha value is -1.86. The Kier molecular flexibility index (Phi) is 9.86. The second-order valence-corrected chi connectivity index (χ2v) is 10.9. The van der Waals surface area contributed by atoms with E-state index in [1.807, 2.05) is 0 Å². The number of hydrogen-bond donors (Lipinski definition) is 0. The van der Waals surface area contributed by atoms with Gasteiger partial charge in [-0.1, -0.05) is 107 Å². The second kappa shape index (κ2) is 13.3. The van der Waals surface area contributed by atoms with Crippen LogP contribution < -0.4 is 0 Å². The Morgan fingerprint density at radius 2 is 1.41 bits per heavy atom. The monoisotopic (exact) mass is 458 g/mol. The van der Waals surface area contributed by atoms with E-state index in [1.165, 1.54) is 99.3 Å². The third kappa shape index (κ3) is 7.32. The lowest BCUT2D eigenvalue weighted by Gasteiger charge is -2.30. The van der Waals surface area contributed by atoms with Crippen molar-refractivity contribution in [3.05, 3.63) is 71.8 Å². The number of unbranched alkanes of at least 4 members (excludes halogenated alkanes) is 2. The summed E-state index contributed by atoms with van der Waals surface area (Å²) in [5, 5.41) is 0. The van der Waals surface area contributed by atoms with Gasteiger partial charge in [-0.3, -0.25) is 0 Å². The smallest absolute Gasteiger partial charge is 0.0575 e. The predicted octanol–water partition coefficient (Wildman–Crippen LogP) is 9.51. The van der Waals surface area contributed by atoms with Crippen molar-refractivity contribution in [2.75, 3.05) is 6.61 Å². The molecular formula is C33H46O. The minimum Gasteiger partial charge on any atom is -0.378 e. The SMILES string of the molecule is CCCCCC1CCC(OCC2C=CC(c3ccc(-c4ccc(CCC)cc4)cc3)CC2)CC1. The molecule has 2 aliphatic carbocycles. The van der Waals surface area contributed by atoms with Gasteiger partial charge < -0.3 is 4.74 Å². The highest BCUT2D eigenvalue weighted by molar-refractivity contribution is 5.64. The maximum atomic E-state index is 6.37. The third-order valence-corrected chi connectivity index (χ3v) is 8.18. The van der Waals surface area contributed by atoms with Crippen molar-refractivity contribution < 1.29 is 4.74 Å². The Bertz CT molecular complexity index is 854. The van der Waals surface area contributed by atoms with Crippen LogP contribution in [-0.4, -0.2) is 12.7 Å². The number of rotatable bonds is 11. The zero-order valence-electron chi connectivity index (χ0n) is 21.7. The molecule has 1 heteroatoms. The van der Waals surface area contributed by atoms with Crippen LogP contribution in [0.5, 0.6) is 0 Å². The molecule has 0 bridgehead atoms. The molecular weight excluding hydrogens is 412 g/mol. The number of benzene rings is 2. The quantitative estimate of drug-likeness (QED) is 0.240. The van der Waals surface area contributed by atoms with E-state index < -0.39 is 0 Å². The molecule has 2 unspecified atom stereocenters. The van der Waals surface area contributed by atoms with Gasteiger partial charge in [0.25, 0.3) is 0 Å². The highest BCUT2D eigenvalue weighted by Crippen LogP contribution is 2.34. The molecule has 0 radical (unpaired) electrons. The van der Waals surface area contributed by atoms with Crippen molar-refractivity contribution in [2.24, 2.45) is 11.8 Å². The summed E-state index contributed by atoms with van der Waals surface area (Å²) in [5.74, 6) is 2.11. The van der Waals surface area contributed by atoms with Gasteiger partial charge in [0, 0.05) is 11.8 Å². The van der Waals surface area contributed by atoms with Gasteiger partial charge in [0.15, 0.2) is 0 Å². The first-order valence-corrected chi connectivity index (χ1v) is 14.2. The molecule has 2 atom stereocenters. The van der Waals surface area contributed by atoms with Crippen molar-refractivity contribution >= 4 is 0 Å². The molecule has 0 aliphatic heterocycles. The molecule has 34 heavy (non-hydrogen) atoms. The summed E-state index contributed by atoms with van der Waals surface area (Å²) in [6.07, 6.45) is 21.2. The van der Waals surface area contributed by atoms with Crippen LogP contribution in [0.15, 0.2) is 60.7 Å². The van der Waals surface area contributed by atoms with E-state index in [9.17, 15) is 0 Å². The van der Waals surface area contributed by atoms with E-state index in [1.54, 1.807) is 0 Å². The molecule has 2 aliphatic rings. The van der Waals surface area contributed by atoms with Crippen LogP contribution in [0, 0.1) is 11.8 Å². The molecule has 4 rings (SSSR count). The summed E-state index contributed by atoms with van der Waals surface area (Å²) in [6.45, 7) is 5.46. The topological polar surface area (TPSA) is 9.23 Å². The van der Waals surface area contributed by atoms with Crippen LogP contribution in [0.3, 0.4) is 0 Å². The lowest BCUT2D eigenvalue weighted by atomic mass is 9.83. The summed E-state index contributed by atoms with van der Waals surface area (Å²) < 4.78 is 6.37. The van der Waals surface area contributed by atoms with Crippen LogP contribution >= 0.6 is 0 Å². The van der Waals surface area contributed by atoms with Crippen molar-refractivity contribution in [1.29, 1.82) is 0 Å². The zero-order chi connectivity index (χ0) is 23.6. The minimum atomic E-state index is 0.511. The highest BCUT2D eigenvalue weighted by atomic mass is 16.5. The van der Waals surface area contributed by atoms with Crippen LogP contribution in [-0.2, 0) is 11.2 Å². The fourth-order valence-corrected chi connectivity index (χ4v) is 5.90. The van der Waals surface area contributed by atoms with Crippen molar-refractivity contribution in [3.63, 3.8) is 0 Å². The number of hydrogen-bond acceptors (Lipinski definition) is 1. The molecule has 0 N–H and O–H groups in total. The van der Waals surface area contributed by atoms with E-state index in [-0.39, 0.29) is 0 Å². The largest absolute Gasteiger partial charge is 0.378 e. The van der Waals surface area contributed by atoms with Gasteiger partial charge in [-0.25, -0.2) is 0 Å². The standard InChI is InChI=1S/C33H46O/c1-3-5-6-8-27-13-23-33(24-14-27)34-25-28-11-17-30(18-12-28)32-21-19-31(20-22-32)29-15-9-26(7-4-2)10-16-29/h9-11,15-17,19-22,27-28,30,33H,3-8,12-14,18,23-25H2,1-2H3. The van der Waals surface area contributed by atoms with Gasteiger partial charge in [0.1, 0.15) is 0 Å². The van der Waals surface area contributed by atoms with E-state index in [0.717, 1.165) is 12.5 Å². The molecule has 1 nitrogen and oxygen atoms in total. The zero-order valence-corrected chi connectivity index (χ0v) is 21.7. The van der Waals surface area contributed by atoms with Crippen LogP contribution in [0.1, 0.15) is 102 Å². The summed E-state index contributed by atoms with van der Waals surface area (Å²) in [6, 6.07) is 18.3. The summed E-state index contributed by atoms with van der Waals surface area (Å²) in [7, 11) is 0. The fourth-order valence-electron chi connectivity index (χ4n) is 5.90. The van der Waals surface area contributed by atoms with Gasteiger partial charge in [-0.15, -0.1) is 0 Å². The lowest BCUT2D eigenvalue weighted by molar-refractivity contribution is 0.00310.